The van der Waals surface area contributed by atoms with E-state index in [-0.39, 0.29) is 11.7 Å². The topological polar surface area (TPSA) is 46.2 Å². The first-order chi connectivity index (χ1) is 8.25. The van der Waals surface area contributed by atoms with Crippen LogP contribution in [0.15, 0.2) is 16.6 Å². The van der Waals surface area contributed by atoms with E-state index in [1.54, 1.807) is 12.1 Å². The van der Waals surface area contributed by atoms with Gasteiger partial charge < -0.3 is 0 Å². The van der Waals surface area contributed by atoms with Gasteiger partial charge in [-0.25, -0.2) is 8.42 Å². The van der Waals surface area contributed by atoms with Crippen molar-refractivity contribution in [1.82, 2.24) is 0 Å². The Balaban J connectivity index is 2.91. The summed E-state index contributed by atoms with van der Waals surface area (Å²) < 4.78 is 27.4. The average molecular weight is 355 g/mol. The van der Waals surface area contributed by atoms with Crippen molar-refractivity contribution in [3.63, 3.8) is 0 Å². The third-order valence-corrected chi connectivity index (χ3v) is 5.81. The van der Waals surface area contributed by atoms with E-state index in [9.17, 15) is 8.42 Å². The zero-order chi connectivity index (χ0) is 13.9. The predicted octanol–water partition coefficient (Wildman–Crippen LogP) is 3.68. The molecule has 0 saturated heterocycles. The van der Waals surface area contributed by atoms with E-state index < -0.39 is 10.0 Å². The highest BCUT2D eigenvalue weighted by Crippen LogP contribution is 2.25. The van der Waals surface area contributed by atoms with Crippen molar-refractivity contribution in [2.45, 2.75) is 20.8 Å². The molecule has 0 amide bonds. The second-order valence-corrected chi connectivity index (χ2v) is 7.44. The van der Waals surface area contributed by atoms with Crippen LogP contribution in [-0.2, 0) is 10.0 Å². The number of rotatable bonds is 5. The molecule has 3 nitrogen and oxygen atoms in total. The van der Waals surface area contributed by atoms with Crippen molar-refractivity contribution in [3.05, 3.63) is 27.7 Å². The highest BCUT2D eigenvalue weighted by Gasteiger charge is 2.15. The Morgan fingerprint density at radius 2 is 1.83 bits per heavy atom. The summed E-state index contributed by atoms with van der Waals surface area (Å²) >= 11 is 9.08. The summed E-state index contributed by atoms with van der Waals surface area (Å²) in [5, 5.41) is 0. The van der Waals surface area contributed by atoms with Crippen molar-refractivity contribution in [1.29, 1.82) is 0 Å². The molecule has 0 fully saturated rings. The monoisotopic (exact) mass is 353 g/mol. The van der Waals surface area contributed by atoms with E-state index in [1.807, 2.05) is 20.8 Å². The number of hydrogen-bond acceptors (Lipinski definition) is 2. The number of anilines is 1. The van der Waals surface area contributed by atoms with Crippen LogP contribution >= 0.6 is 27.5 Å². The Kier molecular flexibility index (Phi) is 5.49. The Hall–Kier alpha value is -0.260. The predicted molar refractivity (Wildman–Crippen MR) is 80.9 cm³/mol. The minimum atomic E-state index is -3.34. The van der Waals surface area contributed by atoms with Crippen molar-refractivity contribution < 1.29 is 8.42 Å². The van der Waals surface area contributed by atoms with E-state index in [0.717, 1.165) is 15.6 Å². The third kappa shape index (κ3) is 4.44. The summed E-state index contributed by atoms with van der Waals surface area (Å²) in [7, 11) is -3.34. The molecule has 1 rings (SSSR count). The fraction of sp³-hybridized carbons (Fsp3) is 0.500. The van der Waals surface area contributed by atoms with Crippen LogP contribution in [0, 0.1) is 19.8 Å². The molecule has 1 aromatic rings. The first kappa shape index (κ1) is 15.8. The average Bonchev–Trinajstić information content (AvgIpc) is 2.24. The molecule has 0 spiro atoms. The smallest absolute Gasteiger partial charge is 0.233 e. The lowest BCUT2D eigenvalue weighted by atomic mass is 10.1. The minimum absolute atomic E-state index is 0.0324. The molecule has 18 heavy (non-hydrogen) atoms. The van der Waals surface area contributed by atoms with Crippen LogP contribution in [0.25, 0.3) is 0 Å². The molecule has 0 bridgehead atoms. The van der Waals surface area contributed by atoms with E-state index in [1.165, 1.54) is 0 Å². The number of aryl methyl sites for hydroxylation is 2. The summed E-state index contributed by atoms with van der Waals surface area (Å²) in [5.41, 5.74) is 2.59. The molecule has 0 heterocycles. The van der Waals surface area contributed by atoms with E-state index >= 15 is 0 Å². The molecule has 0 aliphatic carbocycles. The number of benzene rings is 1. The van der Waals surface area contributed by atoms with Gasteiger partial charge in [0.15, 0.2) is 0 Å². The number of nitrogens with one attached hydrogen (secondary N) is 1. The van der Waals surface area contributed by atoms with Crippen molar-refractivity contribution >= 4 is 43.2 Å². The van der Waals surface area contributed by atoms with Crippen LogP contribution in [0.5, 0.6) is 0 Å². The van der Waals surface area contributed by atoms with Crippen LogP contribution in [0.2, 0.25) is 0 Å². The van der Waals surface area contributed by atoms with E-state index in [2.05, 4.69) is 20.7 Å². The number of alkyl halides is 1. The number of hydrogen-bond donors (Lipinski definition) is 1. The third-order valence-electron chi connectivity index (χ3n) is 2.48. The molecule has 1 N–H and O–H groups in total. The molecule has 1 atom stereocenters. The lowest BCUT2D eigenvalue weighted by molar-refractivity contribution is 0.588. The van der Waals surface area contributed by atoms with Crippen LogP contribution in [-0.4, -0.2) is 20.1 Å². The van der Waals surface area contributed by atoms with Gasteiger partial charge in [-0.2, -0.15) is 0 Å². The van der Waals surface area contributed by atoms with Gasteiger partial charge in [0.05, 0.1) is 5.75 Å². The van der Waals surface area contributed by atoms with Crippen LogP contribution in [0.3, 0.4) is 0 Å². The molecule has 0 aliphatic rings. The van der Waals surface area contributed by atoms with Crippen LogP contribution in [0.4, 0.5) is 5.69 Å². The Morgan fingerprint density at radius 3 is 2.28 bits per heavy atom. The zero-order valence-corrected chi connectivity index (χ0v) is 13.8. The zero-order valence-electron chi connectivity index (χ0n) is 10.6. The van der Waals surface area contributed by atoms with Gasteiger partial charge in [0.2, 0.25) is 10.0 Å². The normalized spacial score (nSPS) is 13.4. The maximum absolute atomic E-state index is 11.9. The second kappa shape index (κ2) is 6.26. The van der Waals surface area contributed by atoms with Gasteiger partial charge >= 0.3 is 0 Å². The Morgan fingerprint density at radius 1 is 1.33 bits per heavy atom. The second-order valence-electron chi connectivity index (χ2n) is 4.57. The summed E-state index contributed by atoms with van der Waals surface area (Å²) in [5.74, 6) is 0.297. The van der Waals surface area contributed by atoms with E-state index in [4.69, 9.17) is 11.6 Å². The molecule has 102 valence electrons. The maximum Gasteiger partial charge on any atom is 0.233 e. The van der Waals surface area contributed by atoms with Crippen molar-refractivity contribution in [3.8, 4) is 0 Å². The summed E-state index contributed by atoms with van der Waals surface area (Å²) in [4.78, 5) is 0. The van der Waals surface area contributed by atoms with Gasteiger partial charge in [-0.15, -0.1) is 11.6 Å². The van der Waals surface area contributed by atoms with Crippen LogP contribution in [0.1, 0.15) is 18.1 Å². The highest BCUT2D eigenvalue weighted by atomic mass is 79.9. The minimum Gasteiger partial charge on any atom is -0.284 e. The SMILES string of the molecule is Cc1cc(NS(=O)(=O)CC(C)CCl)cc(C)c1Br. The van der Waals surface area contributed by atoms with Gasteiger partial charge in [0, 0.05) is 16.0 Å². The van der Waals surface area contributed by atoms with Crippen LogP contribution < -0.4 is 4.72 Å². The highest BCUT2D eigenvalue weighted by molar-refractivity contribution is 9.10. The first-order valence-corrected chi connectivity index (χ1v) is 8.56. The van der Waals surface area contributed by atoms with Crippen molar-refractivity contribution in [2.75, 3.05) is 16.4 Å². The van der Waals surface area contributed by atoms with Gasteiger partial charge in [-0.1, -0.05) is 22.9 Å². The van der Waals surface area contributed by atoms with Gasteiger partial charge in [-0.3, -0.25) is 4.72 Å². The molecule has 1 unspecified atom stereocenters. The molecule has 0 aromatic heterocycles. The largest absolute Gasteiger partial charge is 0.284 e. The molecular formula is C12H17BrClNO2S. The lowest BCUT2D eigenvalue weighted by Gasteiger charge is -2.13. The Labute approximate surface area is 122 Å². The quantitative estimate of drug-likeness (QED) is 0.820. The number of halogens is 2. The molecule has 0 saturated carbocycles. The summed E-state index contributed by atoms with van der Waals surface area (Å²) in [6, 6.07) is 3.61. The summed E-state index contributed by atoms with van der Waals surface area (Å²) in [6.45, 7) is 5.66. The van der Waals surface area contributed by atoms with E-state index in [0.29, 0.717) is 11.6 Å². The van der Waals surface area contributed by atoms with Gasteiger partial charge in [0.25, 0.3) is 0 Å². The molecule has 0 aliphatic heterocycles. The van der Waals surface area contributed by atoms with Crippen molar-refractivity contribution in [2.24, 2.45) is 5.92 Å². The van der Waals surface area contributed by atoms with Gasteiger partial charge in [-0.05, 0) is 43.0 Å². The number of sulfonamides is 1. The fourth-order valence-electron chi connectivity index (χ4n) is 1.65. The standard InChI is InChI=1S/C12H17BrClNO2S/c1-8(6-14)7-18(16,17)15-11-4-9(2)12(13)10(3)5-11/h4-5,8,15H,6-7H2,1-3H3. The molecule has 0 radical (unpaired) electrons. The molecular weight excluding hydrogens is 338 g/mol. The maximum atomic E-state index is 11.9. The lowest BCUT2D eigenvalue weighted by Crippen LogP contribution is -2.22. The Bertz CT molecular complexity index is 508. The molecule has 6 heteroatoms. The molecule has 1 aromatic carbocycles. The summed E-state index contributed by atoms with van der Waals surface area (Å²) in [6.07, 6.45) is 0. The van der Waals surface area contributed by atoms with Gasteiger partial charge in [0.1, 0.15) is 0 Å². The fourth-order valence-corrected chi connectivity index (χ4v) is 3.54. The first-order valence-electron chi connectivity index (χ1n) is 5.58.